The molecule has 1 saturated heterocycles. The van der Waals surface area contributed by atoms with Crippen molar-refractivity contribution in [2.24, 2.45) is 11.8 Å². The van der Waals surface area contributed by atoms with Gasteiger partial charge in [0.15, 0.2) is 0 Å². The number of alkyl carbamates (subject to hydrolysis) is 1. The van der Waals surface area contributed by atoms with Crippen LogP contribution in [0.5, 0.6) is 0 Å². The molecule has 2 unspecified atom stereocenters. The first kappa shape index (κ1) is 19.6. The van der Waals surface area contributed by atoms with Gasteiger partial charge in [0.05, 0.1) is 0 Å². The van der Waals surface area contributed by atoms with Crippen molar-refractivity contribution in [2.75, 3.05) is 19.6 Å². The lowest BCUT2D eigenvalue weighted by Gasteiger charge is -2.39. The summed E-state index contributed by atoms with van der Waals surface area (Å²) in [5.74, 6) is 1.45. The summed E-state index contributed by atoms with van der Waals surface area (Å²) in [6.07, 6.45) is 9.98. The number of nitrogens with zero attached hydrogens (tertiary/aromatic N) is 1. The molecule has 1 aliphatic carbocycles. The molecule has 0 aromatic rings. The molecule has 2 fully saturated rings. The van der Waals surface area contributed by atoms with Crippen LogP contribution in [0.3, 0.4) is 0 Å². The van der Waals surface area contributed by atoms with Crippen molar-refractivity contribution >= 4 is 6.09 Å². The van der Waals surface area contributed by atoms with Crippen LogP contribution >= 0.6 is 0 Å². The fourth-order valence-corrected chi connectivity index (χ4v) is 4.37. The number of carbonyl (C=O) groups excluding carboxylic acids is 1. The van der Waals surface area contributed by atoms with Gasteiger partial charge < -0.3 is 15.0 Å². The molecule has 2 aliphatic rings. The molecule has 4 nitrogen and oxygen atoms in total. The smallest absolute Gasteiger partial charge is 0.407 e. The van der Waals surface area contributed by atoms with Crippen molar-refractivity contribution in [2.45, 2.75) is 90.7 Å². The number of carbonyl (C=O) groups is 1. The van der Waals surface area contributed by atoms with E-state index >= 15 is 0 Å². The van der Waals surface area contributed by atoms with Gasteiger partial charge in [-0.15, -0.1) is 0 Å². The average Bonchev–Trinajstić information content (AvgIpc) is 2.48. The van der Waals surface area contributed by atoms with E-state index < -0.39 is 5.60 Å². The van der Waals surface area contributed by atoms with Crippen LogP contribution in [0.25, 0.3) is 0 Å². The largest absolute Gasteiger partial charge is 0.444 e. The van der Waals surface area contributed by atoms with Gasteiger partial charge in [-0.2, -0.15) is 0 Å². The van der Waals surface area contributed by atoms with Crippen LogP contribution in [-0.4, -0.2) is 42.3 Å². The lowest BCUT2D eigenvalue weighted by molar-refractivity contribution is 0.0443. The molecule has 2 rings (SSSR count). The second kappa shape index (κ2) is 9.07. The normalized spacial score (nSPS) is 29.2. The van der Waals surface area contributed by atoms with Crippen LogP contribution in [0.1, 0.15) is 79.1 Å². The number of hydrogen-bond donors (Lipinski definition) is 1. The SMILES string of the molecule is CCCC1CCCN(C[C@@H]2CCCCC2NC(=O)OC(C)(C)C)C1. The summed E-state index contributed by atoms with van der Waals surface area (Å²) in [4.78, 5) is 14.8. The Morgan fingerprint density at radius 3 is 2.62 bits per heavy atom. The topological polar surface area (TPSA) is 41.6 Å². The maximum absolute atomic E-state index is 12.2. The molecule has 24 heavy (non-hydrogen) atoms. The van der Waals surface area contributed by atoms with E-state index in [4.69, 9.17) is 4.74 Å². The van der Waals surface area contributed by atoms with E-state index in [2.05, 4.69) is 17.1 Å². The summed E-state index contributed by atoms with van der Waals surface area (Å²) in [6.45, 7) is 11.7. The molecule has 0 bridgehead atoms. The van der Waals surface area contributed by atoms with E-state index in [0.29, 0.717) is 5.92 Å². The summed E-state index contributed by atoms with van der Waals surface area (Å²) in [6, 6.07) is 0.278. The fraction of sp³-hybridized carbons (Fsp3) is 0.950. The third kappa shape index (κ3) is 6.62. The second-order valence-corrected chi connectivity index (χ2v) is 8.85. The Morgan fingerprint density at radius 2 is 1.92 bits per heavy atom. The van der Waals surface area contributed by atoms with Crippen LogP contribution in [0.2, 0.25) is 0 Å². The van der Waals surface area contributed by atoms with Gasteiger partial charge in [-0.3, -0.25) is 0 Å². The van der Waals surface area contributed by atoms with E-state index in [0.717, 1.165) is 18.9 Å². The maximum atomic E-state index is 12.2. The van der Waals surface area contributed by atoms with Gasteiger partial charge in [-0.25, -0.2) is 4.79 Å². The minimum atomic E-state index is -0.422. The molecular formula is C20H38N2O2. The van der Waals surface area contributed by atoms with Crippen LogP contribution < -0.4 is 5.32 Å². The molecule has 140 valence electrons. The van der Waals surface area contributed by atoms with Crippen molar-refractivity contribution in [1.29, 1.82) is 0 Å². The van der Waals surface area contributed by atoms with Gasteiger partial charge in [0.1, 0.15) is 5.60 Å². The number of nitrogens with one attached hydrogen (secondary N) is 1. The number of piperidine rings is 1. The summed E-state index contributed by atoms with van der Waals surface area (Å²) in [7, 11) is 0. The fourth-order valence-electron chi connectivity index (χ4n) is 4.37. The standard InChI is InChI=1S/C20H38N2O2/c1-5-9-16-10-8-13-22(14-16)15-17-11-6-7-12-18(17)21-19(23)24-20(2,3)4/h16-18H,5-15H2,1-4H3,(H,21,23)/t16?,17-,18?/m0/s1. The Bertz CT molecular complexity index is 390. The first-order valence-electron chi connectivity index (χ1n) is 10.1. The number of amides is 1. The predicted molar refractivity (Wildman–Crippen MR) is 99.2 cm³/mol. The summed E-state index contributed by atoms with van der Waals surface area (Å²) >= 11 is 0. The van der Waals surface area contributed by atoms with Crippen molar-refractivity contribution in [3.05, 3.63) is 0 Å². The average molecular weight is 339 g/mol. The third-order valence-corrected chi connectivity index (χ3v) is 5.40. The quantitative estimate of drug-likeness (QED) is 0.797. The third-order valence-electron chi connectivity index (χ3n) is 5.40. The summed E-state index contributed by atoms with van der Waals surface area (Å²) in [5.41, 5.74) is -0.422. The zero-order chi connectivity index (χ0) is 17.6. The molecule has 1 amide bonds. The Kier molecular flexibility index (Phi) is 7.39. The molecule has 1 saturated carbocycles. The molecule has 3 atom stereocenters. The van der Waals surface area contributed by atoms with Crippen molar-refractivity contribution in [3.8, 4) is 0 Å². The lowest BCUT2D eigenvalue weighted by atomic mass is 9.83. The number of likely N-dealkylation sites (tertiary alicyclic amines) is 1. The zero-order valence-electron chi connectivity index (χ0n) is 16.3. The highest BCUT2D eigenvalue weighted by Crippen LogP contribution is 2.28. The highest BCUT2D eigenvalue weighted by atomic mass is 16.6. The van der Waals surface area contributed by atoms with Crippen LogP contribution in [0, 0.1) is 11.8 Å². The molecule has 4 heteroatoms. The van der Waals surface area contributed by atoms with E-state index in [1.165, 1.54) is 58.0 Å². The Balaban J connectivity index is 1.85. The second-order valence-electron chi connectivity index (χ2n) is 8.85. The zero-order valence-corrected chi connectivity index (χ0v) is 16.3. The van der Waals surface area contributed by atoms with Gasteiger partial charge in [0, 0.05) is 19.1 Å². The summed E-state index contributed by atoms with van der Waals surface area (Å²) < 4.78 is 5.46. The number of ether oxygens (including phenoxy) is 1. The van der Waals surface area contributed by atoms with E-state index in [9.17, 15) is 4.79 Å². The van der Waals surface area contributed by atoms with Crippen LogP contribution in [0.4, 0.5) is 4.79 Å². The molecular weight excluding hydrogens is 300 g/mol. The van der Waals surface area contributed by atoms with E-state index in [1.807, 2.05) is 20.8 Å². The highest BCUT2D eigenvalue weighted by molar-refractivity contribution is 5.68. The van der Waals surface area contributed by atoms with Crippen LogP contribution in [-0.2, 0) is 4.74 Å². The monoisotopic (exact) mass is 338 g/mol. The first-order valence-corrected chi connectivity index (χ1v) is 10.1. The first-order chi connectivity index (χ1) is 11.4. The lowest BCUT2D eigenvalue weighted by Crippen LogP contribution is -2.49. The maximum Gasteiger partial charge on any atom is 0.407 e. The van der Waals surface area contributed by atoms with Gasteiger partial charge in [0.25, 0.3) is 0 Å². The van der Waals surface area contributed by atoms with Crippen LogP contribution in [0.15, 0.2) is 0 Å². The number of rotatable bonds is 5. The molecule has 0 radical (unpaired) electrons. The minimum absolute atomic E-state index is 0.248. The van der Waals surface area contributed by atoms with E-state index in [-0.39, 0.29) is 12.1 Å². The molecule has 0 spiro atoms. The van der Waals surface area contributed by atoms with Gasteiger partial charge in [-0.05, 0) is 71.3 Å². The van der Waals surface area contributed by atoms with Gasteiger partial charge in [-0.1, -0.05) is 26.2 Å². The Labute approximate surface area is 148 Å². The Hall–Kier alpha value is -0.770. The Morgan fingerprint density at radius 1 is 1.17 bits per heavy atom. The highest BCUT2D eigenvalue weighted by Gasteiger charge is 2.31. The van der Waals surface area contributed by atoms with Crippen molar-refractivity contribution < 1.29 is 9.53 Å². The molecule has 1 N–H and O–H groups in total. The van der Waals surface area contributed by atoms with E-state index in [1.54, 1.807) is 0 Å². The number of hydrogen-bond acceptors (Lipinski definition) is 3. The molecule has 0 aromatic heterocycles. The molecule has 0 aromatic carbocycles. The van der Waals surface area contributed by atoms with Crippen molar-refractivity contribution in [1.82, 2.24) is 10.2 Å². The molecule has 1 aliphatic heterocycles. The minimum Gasteiger partial charge on any atom is -0.444 e. The van der Waals surface area contributed by atoms with Gasteiger partial charge >= 0.3 is 6.09 Å². The summed E-state index contributed by atoms with van der Waals surface area (Å²) in [5, 5.41) is 3.16. The van der Waals surface area contributed by atoms with Gasteiger partial charge in [0.2, 0.25) is 0 Å². The predicted octanol–water partition coefficient (Wildman–Crippen LogP) is 4.58. The van der Waals surface area contributed by atoms with Crippen molar-refractivity contribution in [3.63, 3.8) is 0 Å². The molecule has 1 heterocycles.